The zero-order chi connectivity index (χ0) is 19.1. The molecule has 0 N–H and O–H groups in total. The summed E-state index contributed by atoms with van der Waals surface area (Å²) in [6, 6.07) is 8.06. The number of esters is 1. The van der Waals surface area contributed by atoms with Gasteiger partial charge in [0.05, 0.1) is 18.3 Å². The number of fused-ring (bicyclic) bond motifs is 6. The second kappa shape index (κ2) is 6.98. The van der Waals surface area contributed by atoms with Gasteiger partial charge in [-0.05, 0) is 31.4 Å². The van der Waals surface area contributed by atoms with E-state index in [1.807, 2.05) is 31.2 Å². The predicted octanol–water partition coefficient (Wildman–Crippen LogP) is 3.12. The molecular weight excluding hydrogens is 348 g/mol. The van der Waals surface area contributed by atoms with Crippen LogP contribution in [-0.2, 0) is 32.6 Å². The number of rotatable bonds is 3. The molecule has 1 fully saturated rings. The molecule has 2 aliphatic heterocycles. The van der Waals surface area contributed by atoms with E-state index in [9.17, 15) is 9.59 Å². The lowest BCUT2D eigenvalue weighted by atomic mass is 9.87. The summed E-state index contributed by atoms with van der Waals surface area (Å²) < 4.78 is 11.8. The number of carbonyl (C=O) groups excluding carboxylic acids is 2. The van der Waals surface area contributed by atoms with Gasteiger partial charge >= 0.3 is 12.1 Å². The van der Waals surface area contributed by atoms with Gasteiger partial charge < -0.3 is 14.0 Å². The van der Waals surface area contributed by atoms with Crippen LogP contribution >= 0.6 is 0 Å². The van der Waals surface area contributed by atoms with Crippen LogP contribution in [0.1, 0.15) is 37.6 Å². The average Bonchev–Trinajstić information content (AvgIpc) is 3.06. The monoisotopic (exact) mass is 372 g/mol. The highest BCUT2D eigenvalue weighted by atomic mass is 16.7. The summed E-state index contributed by atoms with van der Waals surface area (Å²) in [7, 11) is 1.99. The zero-order valence-electron chi connectivity index (χ0n) is 15.8. The Kier molecular flexibility index (Phi) is 4.65. The summed E-state index contributed by atoms with van der Waals surface area (Å²) in [5, 5.41) is 3.06. The van der Waals surface area contributed by atoms with Gasteiger partial charge in [0.15, 0.2) is 0 Å². The molecule has 7 heteroatoms. The molecule has 1 unspecified atom stereocenters. The van der Waals surface area contributed by atoms with Gasteiger partial charge in [-0.25, -0.2) is 4.79 Å². The molecule has 2 aliphatic rings. The highest BCUT2D eigenvalue weighted by Gasteiger charge is 2.52. The van der Waals surface area contributed by atoms with Crippen LogP contribution in [-0.4, -0.2) is 40.9 Å². The maximum absolute atomic E-state index is 12.9. The van der Waals surface area contributed by atoms with Crippen LogP contribution in [0.4, 0.5) is 4.79 Å². The first-order chi connectivity index (χ1) is 13.1. The molecule has 7 nitrogen and oxygen atoms in total. The number of hydroxylamine groups is 2. The van der Waals surface area contributed by atoms with Crippen molar-refractivity contribution in [2.75, 3.05) is 13.2 Å². The van der Waals surface area contributed by atoms with E-state index in [4.69, 9.17) is 14.3 Å². The fourth-order valence-corrected chi connectivity index (χ4v) is 4.48. The molecule has 0 spiro atoms. The normalized spacial score (nSPS) is 26.5. The van der Waals surface area contributed by atoms with Crippen LogP contribution in [0.5, 0.6) is 0 Å². The van der Waals surface area contributed by atoms with Gasteiger partial charge in [-0.2, -0.15) is 5.06 Å². The number of ether oxygens (including phenoxy) is 2. The lowest BCUT2D eigenvalue weighted by Crippen LogP contribution is -2.38. The Morgan fingerprint density at radius 3 is 2.78 bits per heavy atom. The van der Waals surface area contributed by atoms with Crippen LogP contribution in [0.3, 0.4) is 0 Å². The molecule has 2 bridgehead atoms. The predicted molar refractivity (Wildman–Crippen MR) is 97.8 cm³/mol. The van der Waals surface area contributed by atoms with Crippen molar-refractivity contribution >= 4 is 23.0 Å². The lowest BCUT2D eigenvalue weighted by molar-refractivity contribution is -0.163. The third-order valence-electron chi connectivity index (χ3n) is 5.61. The first kappa shape index (κ1) is 18.0. The van der Waals surface area contributed by atoms with Gasteiger partial charge in [0.1, 0.15) is 12.0 Å². The molecule has 2 aromatic rings. The Hall–Kier alpha value is -2.38. The van der Waals surface area contributed by atoms with E-state index in [-0.39, 0.29) is 12.6 Å². The minimum Gasteiger partial charge on any atom is -0.434 e. The minimum atomic E-state index is -0.955. The largest absolute Gasteiger partial charge is 0.516 e. The number of hydrogen-bond donors (Lipinski definition) is 0. The van der Waals surface area contributed by atoms with Crippen molar-refractivity contribution in [3.63, 3.8) is 0 Å². The standard InChI is InChI=1S/C20H24N2O5/c1-4-14-16(19(23)26-20(24)25-5-2)18-17-13(10-11-22(14)27-18)12-8-6-7-9-15(12)21(17)3/h6-9,14,16,18H,4-5,10-11H2,1-3H3/t14-,16+,18+/m1/s1. The molecule has 1 saturated heterocycles. The molecular formula is C20H24N2O5. The molecule has 4 atom stereocenters. The van der Waals surface area contributed by atoms with Crippen molar-refractivity contribution in [2.45, 2.75) is 38.8 Å². The summed E-state index contributed by atoms with van der Waals surface area (Å²) in [4.78, 5) is 30.7. The summed E-state index contributed by atoms with van der Waals surface area (Å²) in [6.07, 6.45) is 0.137. The van der Waals surface area contributed by atoms with Crippen molar-refractivity contribution in [1.82, 2.24) is 9.63 Å². The molecule has 144 valence electrons. The Balaban J connectivity index is 1.77. The van der Waals surface area contributed by atoms with E-state index in [0.717, 1.165) is 24.1 Å². The van der Waals surface area contributed by atoms with E-state index in [1.54, 1.807) is 6.92 Å². The maximum Gasteiger partial charge on any atom is 0.516 e. The third-order valence-corrected chi connectivity index (χ3v) is 5.61. The van der Waals surface area contributed by atoms with Crippen molar-refractivity contribution in [2.24, 2.45) is 13.0 Å². The van der Waals surface area contributed by atoms with E-state index in [2.05, 4.69) is 16.7 Å². The van der Waals surface area contributed by atoms with Crippen molar-refractivity contribution < 1.29 is 23.9 Å². The van der Waals surface area contributed by atoms with E-state index in [0.29, 0.717) is 6.54 Å². The fourth-order valence-electron chi connectivity index (χ4n) is 4.48. The van der Waals surface area contributed by atoms with Gasteiger partial charge in [-0.1, -0.05) is 25.1 Å². The first-order valence-corrected chi connectivity index (χ1v) is 9.44. The summed E-state index contributed by atoms with van der Waals surface area (Å²) in [5.74, 6) is -1.17. The Morgan fingerprint density at radius 1 is 1.26 bits per heavy atom. The molecule has 0 aliphatic carbocycles. The molecule has 27 heavy (non-hydrogen) atoms. The maximum atomic E-state index is 12.9. The van der Waals surface area contributed by atoms with Gasteiger partial charge in [-0.15, -0.1) is 0 Å². The number of nitrogens with zero attached hydrogens (tertiary/aromatic N) is 2. The highest BCUT2D eigenvalue weighted by Crippen LogP contribution is 2.46. The summed E-state index contributed by atoms with van der Waals surface area (Å²) >= 11 is 0. The van der Waals surface area contributed by atoms with Crippen molar-refractivity contribution in [3.05, 3.63) is 35.5 Å². The van der Waals surface area contributed by atoms with Crippen LogP contribution in [0.2, 0.25) is 0 Å². The second-order valence-corrected chi connectivity index (χ2v) is 6.96. The number of aromatic nitrogens is 1. The van der Waals surface area contributed by atoms with Crippen LogP contribution in [0, 0.1) is 5.92 Å². The number of para-hydroxylation sites is 1. The third kappa shape index (κ3) is 2.82. The minimum absolute atomic E-state index is 0.136. The zero-order valence-corrected chi connectivity index (χ0v) is 15.8. The molecule has 3 heterocycles. The van der Waals surface area contributed by atoms with Crippen molar-refractivity contribution in [1.29, 1.82) is 0 Å². The molecule has 1 aromatic heterocycles. The topological polar surface area (TPSA) is 70.0 Å². The molecule has 1 aromatic carbocycles. The van der Waals surface area contributed by atoms with E-state index >= 15 is 0 Å². The van der Waals surface area contributed by atoms with E-state index in [1.165, 1.54) is 10.9 Å². The number of hydrogen-bond acceptors (Lipinski definition) is 6. The van der Waals surface area contributed by atoms with Crippen LogP contribution < -0.4 is 0 Å². The second-order valence-electron chi connectivity index (χ2n) is 6.96. The highest BCUT2D eigenvalue weighted by molar-refractivity contribution is 5.88. The smallest absolute Gasteiger partial charge is 0.434 e. The first-order valence-electron chi connectivity index (χ1n) is 9.44. The number of benzene rings is 1. The Morgan fingerprint density at radius 2 is 2.04 bits per heavy atom. The molecule has 4 rings (SSSR count). The van der Waals surface area contributed by atoms with Crippen LogP contribution in [0.25, 0.3) is 10.9 Å². The molecule has 0 saturated carbocycles. The van der Waals surface area contributed by atoms with Gasteiger partial charge in [0.25, 0.3) is 0 Å². The Bertz CT molecular complexity index is 890. The number of aryl methyl sites for hydroxylation is 1. The van der Waals surface area contributed by atoms with Gasteiger partial charge in [-0.3, -0.25) is 9.63 Å². The quantitative estimate of drug-likeness (QED) is 0.609. The Labute approximate surface area is 157 Å². The van der Waals surface area contributed by atoms with Gasteiger partial charge in [0, 0.05) is 24.5 Å². The van der Waals surface area contributed by atoms with Gasteiger partial charge in [0.2, 0.25) is 0 Å². The molecule has 0 amide bonds. The number of carbonyl (C=O) groups is 2. The average molecular weight is 372 g/mol. The summed E-state index contributed by atoms with van der Waals surface area (Å²) in [6.45, 7) is 4.54. The van der Waals surface area contributed by atoms with E-state index < -0.39 is 24.1 Å². The van der Waals surface area contributed by atoms with Crippen LogP contribution in [0.15, 0.2) is 24.3 Å². The fraction of sp³-hybridized carbons (Fsp3) is 0.500. The van der Waals surface area contributed by atoms with Crippen molar-refractivity contribution in [3.8, 4) is 0 Å². The molecule has 0 radical (unpaired) electrons. The lowest BCUT2D eigenvalue weighted by Gasteiger charge is -2.24. The summed E-state index contributed by atoms with van der Waals surface area (Å²) in [5.41, 5.74) is 3.29. The SMILES string of the molecule is CCOC(=O)OC(=O)[C@@H]1[C@@H]2ON(CCc3c2n(C)c2ccccc32)[C@@H]1CC.